The third-order valence-corrected chi connectivity index (χ3v) is 3.55. The largest absolute Gasteiger partial charge is 0.466 e. The van der Waals surface area contributed by atoms with Crippen LogP contribution in [0.3, 0.4) is 0 Å². The Morgan fingerprint density at radius 2 is 2.29 bits per heavy atom. The third kappa shape index (κ3) is 4.57. The Morgan fingerprint density at radius 3 is 3.00 bits per heavy atom. The van der Waals surface area contributed by atoms with E-state index in [4.69, 9.17) is 10.00 Å². The van der Waals surface area contributed by atoms with Gasteiger partial charge in [0.2, 0.25) is 5.13 Å². The van der Waals surface area contributed by atoms with E-state index in [0.717, 1.165) is 18.3 Å². The van der Waals surface area contributed by atoms with Crippen molar-refractivity contribution in [2.24, 2.45) is 5.10 Å². The molecule has 0 aliphatic carbocycles. The SMILES string of the molecule is CCOC(=O)Cc1csc(NN=Cc2cc(F)c(C#N)cc2F)n1. The Morgan fingerprint density at radius 1 is 1.50 bits per heavy atom. The van der Waals surface area contributed by atoms with Crippen molar-refractivity contribution in [1.29, 1.82) is 5.26 Å². The molecule has 0 atom stereocenters. The molecule has 1 aromatic heterocycles. The molecular formula is C15H12F2N4O2S. The first kappa shape index (κ1) is 17.5. The van der Waals surface area contributed by atoms with E-state index in [1.165, 1.54) is 11.3 Å². The van der Waals surface area contributed by atoms with Crippen molar-refractivity contribution in [2.75, 3.05) is 12.0 Å². The predicted molar refractivity (Wildman–Crippen MR) is 84.7 cm³/mol. The number of ether oxygens (including phenoxy) is 1. The van der Waals surface area contributed by atoms with E-state index in [0.29, 0.717) is 17.4 Å². The highest BCUT2D eigenvalue weighted by Crippen LogP contribution is 2.17. The molecule has 9 heteroatoms. The predicted octanol–water partition coefficient (Wildman–Crippen LogP) is 2.84. The van der Waals surface area contributed by atoms with E-state index in [-0.39, 0.29) is 23.5 Å². The second-order valence-corrected chi connectivity index (χ2v) is 5.32. The standard InChI is InChI=1S/C15H12F2N4O2S/c1-2-23-14(22)5-11-8-24-15(20-11)21-19-7-10-4-12(16)9(6-18)3-13(10)17/h3-4,7-8H,2,5H2,1H3,(H,20,21). The lowest BCUT2D eigenvalue weighted by molar-refractivity contribution is -0.142. The summed E-state index contributed by atoms with van der Waals surface area (Å²) in [6.45, 7) is 2.01. The van der Waals surface area contributed by atoms with Crippen molar-refractivity contribution in [3.8, 4) is 6.07 Å². The van der Waals surface area contributed by atoms with Crippen molar-refractivity contribution in [3.05, 3.63) is 46.0 Å². The number of esters is 1. The van der Waals surface area contributed by atoms with Crippen LogP contribution >= 0.6 is 11.3 Å². The maximum Gasteiger partial charge on any atom is 0.311 e. The van der Waals surface area contributed by atoms with E-state index < -0.39 is 11.6 Å². The minimum Gasteiger partial charge on any atom is -0.466 e. The first-order valence-corrected chi connectivity index (χ1v) is 7.69. The minimum atomic E-state index is -0.827. The zero-order valence-electron chi connectivity index (χ0n) is 12.5. The van der Waals surface area contributed by atoms with Crippen LogP contribution < -0.4 is 5.43 Å². The number of hydrazone groups is 1. The number of aromatic nitrogens is 1. The van der Waals surface area contributed by atoms with Gasteiger partial charge in [0.25, 0.3) is 0 Å². The molecule has 0 bridgehead atoms. The van der Waals surface area contributed by atoms with Gasteiger partial charge >= 0.3 is 5.97 Å². The molecular weight excluding hydrogens is 338 g/mol. The van der Waals surface area contributed by atoms with E-state index in [1.54, 1.807) is 18.4 Å². The number of carbonyl (C=O) groups is 1. The van der Waals surface area contributed by atoms with E-state index in [9.17, 15) is 13.6 Å². The number of nitrogens with one attached hydrogen (secondary N) is 1. The fraction of sp³-hybridized carbons (Fsp3) is 0.200. The van der Waals surface area contributed by atoms with Crippen LogP contribution in [0.25, 0.3) is 0 Å². The van der Waals surface area contributed by atoms with Gasteiger partial charge in [0.1, 0.15) is 17.7 Å². The molecule has 0 fully saturated rings. The average molecular weight is 350 g/mol. The molecule has 2 aromatic rings. The fourth-order valence-electron chi connectivity index (χ4n) is 1.70. The van der Waals surface area contributed by atoms with Crippen molar-refractivity contribution in [2.45, 2.75) is 13.3 Å². The van der Waals surface area contributed by atoms with Gasteiger partial charge in [-0.15, -0.1) is 11.3 Å². The smallest absolute Gasteiger partial charge is 0.311 e. The van der Waals surface area contributed by atoms with E-state index in [2.05, 4.69) is 15.5 Å². The van der Waals surface area contributed by atoms with Gasteiger partial charge in [-0.2, -0.15) is 10.4 Å². The number of benzene rings is 1. The zero-order valence-corrected chi connectivity index (χ0v) is 13.4. The summed E-state index contributed by atoms with van der Waals surface area (Å²) in [5, 5.41) is 14.4. The van der Waals surface area contributed by atoms with E-state index >= 15 is 0 Å². The molecule has 0 radical (unpaired) electrons. The second-order valence-electron chi connectivity index (χ2n) is 4.46. The summed E-state index contributed by atoms with van der Waals surface area (Å²) in [5.41, 5.74) is 2.60. The molecule has 124 valence electrons. The zero-order chi connectivity index (χ0) is 17.5. The number of nitrogens with zero attached hydrogens (tertiary/aromatic N) is 3. The Kier molecular flexibility index (Phi) is 5.92. The summed E-state index contributed by atoms with van der Waals surface area (Å²) in [6, 6.07) is 3.24. The molecule has 0 saturated heterocycles. The maximum absolute atomic E-state index is 13.7. The first-order valence-electron chi connectivity index (χ1n) is 6.81. The lowest BCUT2D eigenvalue weighted by atomic mass is 10.1. The molecule has 0 amide bonds. The van der Waals surface area contributed by atoms with Gasteiger partial charge in [0.05, 0.1) is 30.5 Å². The second kappa shape index (κ2) is 8.12. The summed E-state index contributed by atoms with van der Waals surface area (Å²) < 4.78 is 31.9. The molecule has 1 aromatic carbocycles. The summed E-state index contributed by atoms with van der Waals surface area (Å²) in [7, 11) is 0. The molecule has 0 saturated carbocycles. The molecule has 0 spiro atoms. The summed E-state index contributed by atoms with van der Waals surface area (Å²) in [5.74, 6) is -1.97. The number of nitriles is 1. The molecule has 0 aliphatic heterocycles. The summed E-state index contributed by atoms with van der Waals surface area (Å²) in [4.78, 5) is 15.4. The van der Waals surface area contributed by atoms with Crippen LogP contribution in [0.5, 0.6) is 0 Å². The van der Waals surface area contributed by atoms with Crippen molar-refractivity contribution < 1.29 is 18.3 Å². The monoisotopic (exact) mass is 350 g/mol. The Bertz CT molecular complexity index is 814. The first-order chi connectivity index (χ1) is 11.5. The van der Waals surface area contributed by atoms with Crippen LogP contribution in [0.1, 0.15) is 23.7 Å². The highest BCUT2D eigenvalue weighted by molar-refractivity contribution is 7.13. The molecule has 0 aliphatic rings. The normalized spacial score (nSPS) is 10.6. The number of hydrogen-bond acceptors (Lipinski definition) is 7. The number of halogens is 2. The van der Waals surface area contributed by atoms with Crippen LogP contribution in [0.2, 0.25) is 0 Å². The van der Waals surface area contributed by atoms with Crippen LogP contribution in [0.15, 0.2) is 22.6 Å². The van der Waals surface area contributed by atoms with E-state index in [1.807, 2.05) is 0 Å². The maximum atomic E-state index is 13.7. The number of rotatable bonds is 6. The van der Waals surface area contributed by atoms with Gasteiger partial charge in [0.15, 0.2) is 0 Å². The van der Waals surface area contributed by atoms with Crippen LogP contribution in [-0.2, 0) is 16.0 Å². The molecule has 1 N–H and O–H groups in total. The molecule has 0 unspecified atom stereocenters. The number of carbonyl (C=O) groups excluding carboxylic acids is 1. The molecule has 6 nitrogen and oxygen atoms in total. The van der Waals surface area contributed by atoms with Crippen molar-refractivity contribution in [3.63, 3.8) is 0 Å². The molecule has 1 heterocycles. The molecule has 24 heavy (non-hydrogen) atoms. The fourth-order valence-corrected chi connectivity index (χ4v) is 2.36. The Labute approximate surface area is 140 Å². The average Bonchev–Trinajstić information content (AvgIpc) is 2.97. The van der Waals surface area contributed by atoms with Gasteiger partial charge < -0.3 is 4.74 Å². The number of hydrogen-bond donors (Lipinski definition) is 1. The van der Waals surface area contributed by atoms with Crippen LogP contribution in [-0.4, -0.2) is 23.8 Å². The van der Waals surface area contributed by atoms with Gasteiger partial charge in [-0.3, -0.25) is 10.2 Å². The Balaban J connectivity index is 2.00. The lowest BCUT2D eigenvalue weighted by Crippen LogP contribution is -2.07. The molecule has 2 rings (SSSR count). The summed E-state index contributed by atoms with van der Waals surface area (Å²) >= 11 is 1.20. The van der Waals surface area contributed by atoms with Crippen LogP contribution in [0, 0.1) is 23.0 Å². The highest BCUT2D eigenvalue weighted by Gasteiger charge is 2.09. The van der Waals surface area contributed by atoms with Gasteiger partial charge in [-0.05, 0) is 19.1 Å². The number of anilines is 1. The Hall–Kier alpha value is -2.86. The van der Waals surface area contributed by atoms with Crippen LogP contribution in [0.4, 0.5) is 13.9 Å². The highest BCUT2D eigenvalue weighted by atomic mass is 32.1. The quantitative estimate of drug-likeness (QED) is 0.492. The van der Waals surface area contributed by atoms with Gasteiger partial charge in [0, 0.05) is 10.9 Å². The topological polar surface area (TPSA) is 87.4 Å². The van der Waals surface area contributed by atoms with Crippen molar-refractivity contribution in [1.82, 2.24) is 4.98 Å². The third-order valence-electron chi connectivity index (χ3n) is 2.75. The van der Waals surface area contributed by atoms with Gasteiger partial charge in [-0.1, -0.05) is 0 Å². The minimum absolute atomic E-state index is 0.0468. The lowest BCUT2D eigenvalue weighted by Gasteiger charge is -1.99. The van der Waals surface area contributed by atoms with Gasteiger partial charge in [-0.25, -0.2) is 13.8 Å². The van der Waals surface area contributed by atoms with Crippen molar-refractivity contribution >= 4 is 28.7 Å². The number of thiazole rings is 1. The summed E-state index contributed by atoms with van der Waals surface area (Å²) in [6.07, 6.45) is 1.12.